The molecular formula is C22H34IN5O. The van der Waals surface area contributed by atoms with E-state index in [1.807, 2.05) is 24.0 Å². The fraction of sp³-hybridized carbons (Fsp3) is 0.545. The van der Waals surface area contributed by atoms with E-state index in [-0.39, 0.29) is 29.4 Å². The molecule has 1 saturated carbocycles. The summed E-state index contributed by atoms with van der Waals surface area (Å²) in [6, 6.07) is 8.53. The molecule has 1 N–H and O–H groups in total. The number of rotatable bonds is 7. The highest BCUT2D eigenvalue weighted by atomic mass is 127. The third kappa shape index (κ3) is 5.87. The zero-order chi connectivity index (χ0) is 20.0. The van der Waals surface area contributed by atoms with Crippen LogP contribution in [0.5, 0.6) is 5.75 Å². The van der Waals surface area contributed by atoms with Gasteiger partial charge in [-0.1, -0.05) is 25.0 Å². The van der Waals surface area contributed by atoms with Crippen LogP contribution in [0.15, 0.2) is 41.7 Å². The average molecular weight is 511 g/mol. The van der Waals surface area contributed by atoms with E-state index < -0.39 is 0 Å². The van der Waals surface area contributed by atoms with Crippen molar-refractivity contribution in [2.45, 2.75) is 44.6 Å². The number of methoxy groups -OCH3 is 1. The second kappa shape index (κ2) is 10.8. The molecule has 1 fully saturated rings. The van der Waals surface area contributed by atoms with Crippen molar-refractivity contribution in [3.63, 3.8) is 0 Å². The van der Waals surface area contributed by atoms with Crippen molar-refractivity contribution in [2.24, 2.45) is 12.0 Å². The number of benzene rings is 1. The predicted octanol–water partition coefficient (Wildman–Crippen LogP) is 3.96. The van der Waals surface area contributed by atoms with Gasteiger partial charge in [0.15, 0.2) is 5.96 Å². The maximum absolute atomic E-state index is 5.47. The number of nitrogens with zero attached hydrogens (tertiary/aromatic N) is 4. The number of hydrogen-bond donors (Lipinski definition) is 1. The molecular weight excluding hydrogens is 477 g/mol. The Labute approximate surface area is 191 Å². The van der Waals surface area contributed by atoms with Crippen LogP contribution in [-0.2, 0) is 19.0 Å². The highest BCUT2D eigenvalue weighted by Gasteiger charge is 2.36. The summed E-state index contributed by atoms with van der Waals surface area (Å²) in [5, 5.41) is 7.72. The lowest BCUT2D eigenvalue weighted by molar-refractivity contribution is 0.406. The molecule has 0 saturated heterocycles. The normalized spacial score (nSPS) is 15.7. The van der Waals surface area contributed by atoms with Crippen LogP contribution < -0.4 is 10.1 Å². The fourth-order valence-corrected chi connectivity index (χ4v) is 4.14. The fourth-order valence-electron chi connectivity index (χ4n) is 4.14. The number of guanidine groups is 1. The summed E-state index contributed by atoms with van der Waals surface area (Å²) in [6.07, 6.45) is 8.83. The number of aromatic nitrogens is 2. The lowest BCUT2D eigenvalue weighted by Gasteiger charge is -2.30. The van der Waals surface area contributed by atoms with Crippen LogP contribution in [0.1, 0.15) is 43.7 Å². The SMILES string of the molecule is CCNC(=NCC1(c2cccc(OC)c2)CCCC1)N(C)Cc1cnn(C)c1.I. The second-order valence-electron chi connectivity index (χ2n) is 7.77. The molecule has 160 valence electrons. The first-order valence-corrected chi connectivity index (χ1v) is 10.2. The first kappa shape index (κ1) is 23.5. The zero-order valence-corrected chi connectivity index (χ0v) is 20.3. The van der Waals surface area contributed by atoms with Gasteiger partial charge >= 0.3 is 0 Å². The van der Waals surface area contributed by atoms with Crippen LogP contribution >= 0.6 is 24.0 Å². The summed E-state index contributed by atoms with van der Waals surface area (Å²) in [7, 11) is 5.76. The first-order valence-electron chi connectivity index (χ1n) is 10.2. The predicted molar refractivity (Wildman–Crippen MR) is 129 cm³/mol. The van der Waals surface area contributed by atoms with Crippen LogP contribution in [0.4, 0.5) is 0 Å². The highest BCUT2D eigenvalue weighted by Crippen LogP contribution is 2.42. The Bertz CT molecular complexity index is 798. The zero-order valence-electron chi connectivity index (χ0n) is 18.0. The van der Waals surface area contributed by atoms with E-state index in [9.17, 15) is 0 Å². The molecule has 1 heterocycles. The lowest BCUT2D eigenvalue weighted by atomic mass is 9.79. The molecule has 7 heteroatoms. The van der Waals surface area contributed by atoms with E-state index in [4.69, 9.17) is 9.73 Å². The van der Waals surface area contributed by atoms with Gasteiger partial charge < -0.3 is 15.0 Å². The van der Waals surface area contributed by atoms with Crippen LogP contribution in [0.3, 0.4) is 0 Å². The maximum Gasteiger partial charge on any atom is 0.193 e. The molecule has 29 heavy (non-hydrogen) atoms. The van der Waals surface area contributed by atoms with Gasteiger partial charge in [-0.15, -0.1) is 24.0 Å². The lowest BCUT2D eigenvalue weighted by Crippen LogP contribution is -2.39. The Morgan fingerprint density at radius 3 is 2.72 bits per heavy atom. The number of hydrogen-bond acceptors (Lipinski definition) is 3. The number of aryl methyl sites for hydroxylation is 1. The topological polar surface area (TPSA) is 54.7 Å². The Balaban J connectivity index is 0.00000300. The second-order valence-corrected chi connectivity index (χ2v) is 7.77. The third-order valence-electron chi connectivity index (χ3n) is 5.65. The van der Waals surface area contributed by atoms with Gasteiger partial charge in [-0.25, -0.2) is 0 Å². The van der Waals surface area contributed by atoms with E-state index in [1.54, 1.807) is 7.11 Å². The van der Waals surface area contributed by atoms with Crippen LogP contribution in [-0.4, -0.2) is 47.9 Å². The van der Waals surface area contributed by atoms with Gasteiger partial charge in [0.1, 0.15) is 5.75 Å². The van der Waals surface area contributed by atoms with Crippen LogP contribution in [0.25, 0.3) is 0 Å². The number of nitrogens with one attached hydrogen (secondary N) is 1. The van der Waals surface area contributed by atoms with E-state index in [0.29, 0.717) is 0 Å². The quantitative estimate of drug-likeness (QED) is 0.348. The monoisotopic (exact) mass is 511 g/mol. The molecule has 0 spiro atoms. The number of ether oxygens (including phenoxy) is 1. The van der Waals surface area contributed by atoms with Crippen molar-refractivity contribution in [1.82, 2.24) is 20.0 Å². The molecule has 0 radical (unpaired) electrons. The van der Waals surface area contributed by atoms with Gasteiger partial charge in [-0.3, -0.25) is 9.67 Å². The van der Waals surface area contributed by atoms with Crippen molar-refractivity contribution in [2.75, 3.05) is 27.2 Å². The number of halogens is 1. The van der Waals surface area contributed by atoms with Crippen LogP contribution in [0, 0.1) is 0 Å². The molecule has 0 aliphatic heterocycles. The summed E-state index contributed by atoms with van der Waals surface area (Å²) in [5.41, 5.74) is 2.63. The van der Waals surface area contributed by atoms with Gasteiger partial charge in [0.2, 0.25) is 0 Å². The minimum absolute atomic E-state index is 0. The molecule has 1 aromatic heterocycles. The Hall–Kier alpha value is -1.77. The molecule has 3 rings (SSSR count). The van der Waals surface area contributed by atoms with Crippen molar-refractivity contribution >= 4 is 29.9 Å². The summed E-state index contributed by atoms with van der Waals surface area (Å²) < 4.78 is 7.30. The largest absolute Gasteiger partial charge is 0.497 e. The average Bonchev–Trinajstić information content (AvgIpc) is 3.35. The molecule has 0 bridgehead atoms. The third-order valence-corrected chi connectivity index (χ3v) is 5.65. The molecule has 1 aromatic carbocycles. The summed E-state index contributed by atoms with van der Waals surface area (Å²) in [6.45, 7) is 4.54. The Kier molecular flexibility index (Phi) is 8.79. The van der Waals surface area contributed by atoms with Gasteiger partial charge in [-0.2, -0.15) is 5.10 Å². The van der Waals surface area contributed by atoms with Crippen molar-refractivity contribution in [1.29, 1.82) is 0 Å². The maximum atomic E-state index is 5.47. The first-order chi connectivity index (χ1) is 13.6. The Morgan fingerprint density at radius 1 is 1.34 bits per heavy atom. The van der Waals surface area contributed by atoms with Crippen molar-refractivity contribution in [3.8, 4) is 5.75 Å². The van der Waals surface area contributed by atoms with Gasteiger partial charge in [0.25, 0.3) is 0 Å². The van der Waals surface area contributed by atoms with E-state index in [2.05, 4.69) is 53.7 Å². The number of aliphatic imine (C=N–C) groups is 1. The van der Waals surface area contributed by atoms with Gasteiger partial charge in [0, 0.05) is 44.4 Å². The highest BCUT2D eigenvalue weighted by molar-refractivity contribution is 14.0. The molecule has 1 aliphatic rings. The Morgan fingerprint density at radius 2 is 2.10 bits per heavy atom. The molecule has 0 unspecified atom stereocenters. The molecule has 2 aromatic rings. The standard InChI is InChI=1S/C22H33N5O.HI/c1-5-23-21(26(2)15-18-14-25-27(3)16-18)24-17-22(11-6-7-12-22)19-9-8-10-20(13-19)28-4;/h8-10,13-14,16H,5-7,11-12,15,17H2,1-4H3,(H,23,24);1H. The summed E-state index contributed by atoms with van der Waals surface area (Å²) in [5.74, 6) is 1.87. The molecule has 6 nitrogen and oxygen atoms in total. The van der Waals surface area contributed by atoms with E-state index in [1.165, 1.54) is 36.8 Å². The van der Waals surface area contributed by atoms with Gasteiger partial charge in [-0.05, 0) is 37.5 Å². The minimum atomic E-state index is 0. The van der Waals surface area contributed by atoms with Crippen molar-refractivity contribution in [3.05, 3.63) is 47.8 Å². The molecule has 0 amide bonds. The smallest absolute Gasteiger partial charge is 0.193 e. The van der Waals surface area contributed by atoms with Crippen LogP contribution in [0.2, 0.25) is 0 Å². The summed E-state index contributed by atoms with van der Waals surface area (Å²) in [4.78, 5) is 7.24. The van der Waals surface area contributed by atoms with Gasteiger partial charge in [0.05, 0.1) is 19.9 Å². The van der Waals surface area contributed by atoms with E-state index in [0.717, 1.165) is 31.3 Å². The summed E-state index contributed by atoms with van der Waals surface area (Å²) >= 11 is 0. The minimum Gasteiger partial charge on any atom is -0.497 e. The molecule has 1 aliphatic carbocycles. The van der Waals surface area contributed by atoms with Crippen molar-refractivity contribution < 1.29 is 4.74 Å². The van der Waals surface area contributed by atoms with E-state index >= 15 is 0 Å². The molecule has 0 atom stereocenters.